The average Bonchev–Trinajstić information content (AvgIpc) is 3.38. The van der Waals surface area contributed by atoms with Crippen LogP contribution in [0.25, 0.3) is 11.3 Å². The molecule has 0 radical (unpaired) electrons. The molecule has 1 aliphatic heterocycles. The van der Waals surface area contributed by atoms with Gasteiger partial charge in [-0.3, -0.25) is 14.5 Å². The van der Waals surface area contributed by atoms with Gasteiger partial charge in [-0.2, -0.15) is 41.2 Å². The Bertz CT molecular complexity index is 1250. The van der Waals surface area contributed by atoms with Gasteiger partial charge >= 0.3 is 18.7 Å². The molecule has 16 heteroatoms. The molecule has 35 heavy (non-hydrogen) atoms. The average molecular weight is 512 g/mol. The summed E-state index contributed by atoms with van der Waals surface area (Å²) in [6, 6.07) is 2.43. The maximum atomic E-state index is 13.2. The normalized spacial score (nSPS) is 16.8. The van der Waals surface area contributed by atoms with E-state index >= 15 is 0 Å². The number of aryl methyl sites for hydroxylation is 1. The van der Waals surface area contributed by atoms with E-state index in [4.69, 9.17) is 0 Å². The summed E-state index contributed by atoms with van der Waals surface area (Å²) in [4.78, 5) is 15.8. The summed E-state index contributed by atoms with van der Waals surface area (Å²) in [5.74, 6) is -1.45. The van der Waals surface area contributed by atoms with Gasteiger partial charge in [-0.25, -0.2) is 0 Å². The van der Waals surface area contributed by atoms with Crippen molar-refractivity contribution in [1.29, 1.82) is 0 Å². The molecule has 0 saturated carbocycles. The second kappa shape index (κ2) is 8.27. The van der Waals surface area contributed by atoms with Gasteiger partial charge < -0.3 is 5.32 Å². The predicted octanol–water partition coefficient (Wildman–Crippen LogP) is 4.92. The van der Waals surface area contributed by atoms with Gasteiger partial charge in [-0.15, -0.1) is 13.2 Å². The van der Waals surface area contributed by atoms with Crippen molar-refractivity contribution in [2.45, 2.75) is 44.1 Å². The summed E-state index contributed by atoms with van der Waals surface area (Å²) >= 11 is 0. The van der Waals surface area contributed by atoms with Crippen molar-refractivity contribution < 1.29 is 44.3 Å². The zero-order valence-electron chi connectivity index (χ0n) is 17.1. The minimum atomic E-state index is -5.33. The van der Waals surface area contributed by atoms with Gasteiger partial charge in [0.1, 0.15) is 5.69 Å². The molecule has 7 nitrogen and oxygen atoms in total. The Kier molecular flexibility index (Phi) is 5.79. The van der Waals surface area contributed by atoms with E-state index in [-0.39, 0.29) is 29.6 Å². The van der Waals surface area contributed by atoms with Crippen molar-refractivity contribution in [2.75, 3.05) is 0 Å². The first-order valence-corrected chi connectivity index (χ1v) is 9.81. The maximum Gasteiger partial charge on any atom is 0.504 e. The molecule has 0 unspecified atom stereocenters. The standard InChI is InChI=1S/C19H13F9N6O/c20-17(21,22)14-6-9(3-4-29-14)12-7-13-11(2-1-5-33(13)31-12)30-16(35)10-8-34(19(26,27)28)32-15(10)18(23,24)25/h3-4,6-8,11H,1-2,5H2,(H,30,35)/t11-/m0/s1. The zero-order chi connectivity index (χ0) is 25.8. The van der Waals surface area contributed by atoms with E-state index in [2.05, 4.69) is 20.5 Å². The molecule has 1 N–H and O–H groups in total. The van der Waals surface area contributed by atoms with E-state index in [1.165, 1.54) is 16.8 Å². The van der Waals surface area contributed by atoms with Crippen molar-refractivity contribution in [2.24, 2.45) is 0 Å². The Morgan fingerprint density at radius 3 is 2.34 bits per heavy atom. The third-order valence-electron chi connectivity index (χ3n) is 5.17. The minimum absolute atomic E-state index is 0.0562. The molecule has 3 aromatic heterocycles. The molecule has 4 heterocycles. The van der Waals surface area contributed by atoms with Crippen LogP contribution < -0.4 is 5.32 Å². The summed E-state index contributed by atoms with van der Waals surface area (Å²) < 4.78 is 118. The van der Waals surface area contributed by atoms with E-state index in [0.29, 0.717) is 13.0 Å². The summed E-state index contributed by atoms with van der Waals surface area (Å²) in [7, 11) is 0. The predicted molar refractivity (Wildman–Crippen MR) is 98.4 cm³/mol. The highest BCUT2D eigenvalue weighted by Crippen LogP contribution is 2.35. The number of amides is 1. The van der Waals surface area contributed by atoms with Crippen molar-refractivity contribution in [3.63, 3.8) is 0 Å². The number of hydrogen-bond donors (Lipinski definition) is 1. The third-order valence-corrected chi connectivity index (χ3v) is 5.17. The van der Waals surface area contributed by atoms with Crippen LogP contribution in [0.2, 0.25) is 0 Å². The molecule has 0 spiro atoms. The molecule has 0 bridgehead atoms. The Balaban J connectivity index is 1.64. The zero-order valence-corrected chi connectivity index (χ0v) is 17.1. The number of nitrogens with one attached hydrogen (secondary N) is 1. The lowest BCUT2D eigenvalue weighted by molar-refractivity contribution is -0.214. The molecular formula is C19H13F9N6O. The van der Waals surface area contributed by atoms with Gasteiger partial charge in [0.25, 0.3) is 5.91 Å². The second-order valence-corrected chi connectivity index (χ2v) is 7.57. The summed E-state index contributed by atoms with van der Waals surface area (Å²) in [5, 5.41) is 8.92. The lowest BCUT2D eigenvalue weighted by Gasteiger charge is -2.24. The van der Waals surface area contributed by atoms with Crippen LogP contribution in [0.3, 0.4) is 0 Å². The van der Waals surface area contributed by atoms with Crippen LogP contribution in [0.1, 0.15) is 46.3 Å². The van der Waals surface area contributed by atoms with Crippen LogP contribution in [0.4, 0.5) is 39.5 Å². The van der Waals surface area contributed by atoms with Crippen LogP contribution in [0, 0.1) is 0 Å². The lowest BCUT2D eigenvalue weighted by Crippen LogP contribution is -2.33. The molecule has 1 aliphatic rings. The van der Waals surface area contributed by atoms with E-state index in [0.717, 1.165) is 12.3 Å². The SMILES string of the molecule is O=C(N[C@H]1CCCn2nc(-c3ccnc(C(F)(F)F)c3)cc21)c1cn(C(F)(F)F)nc1C(F)(F)F. The third kappa shape index (κ3) is 4.95. The molecule has 188 valence electrons. The van der Waals surface area contributed by atoms with Gasteiger partial charge in [0, 0.05) is 24.5 Å². The number of nitrogens with zero attached hydrogens (tertiary/aromatic N) is 5. The van der Waals surface area contributed by atoms with Crippen LogP contribution in [0.5, 0.6) is 0 Å². The first-order valence-electron chi connectivity index (χ1n) is 9.81. The van der Waals surface area contributed by atoms with Crippen molar-refractivity contribution in [3.05, 3.63) is 53.2 Å². The molecular weight excluding hydrogens is 499 g/mol. The van der Waals surface area contributed by atoms with Crippen molar-refractivity contribution >= 4 is 5.91 Å². The Hall–Kier alpha value is -3.59. The van der Waals surface area contributed by atoms with Gasteiger partial charge in [-0.1, -0.05) is 0 Å². The summed E-state index contributed by atoms with van der Waals surface area (Å²) in [5.41, 5.74) is -4.07. The second-order valence-electron chi connectivity index (χ2n) is 7.57. The fraction of sp³-hybridized carbons (Fsp3) is 0.368. The van der Waals surface area contributed by atoms with E-state index in [9.17, 15) is 44.3 Å². The number of hydrogen-bond acceptors (Lipinski definition) is 4. The Morgan fingerprint density at radius 1 is 1.00 bits per heavy atom. The monoisotopic (exact) mass is 512 g/mol. The maximum absolute atomic E-state index is 13.2. The summed E-state index contributed by atoms with van der Waals surface area (Å²) in [6.45, 7) is 0.304. The molecule has 3 aromatic rings. The number of alkyl halides is 9. The van der Waals surface area contributed by atoms with E-state index < -0.39 is 52.2 Å². The highest BCUT2D eigenvalue weighted by molar-refractivity contribution is 5.95. The number of carbonyl (C=O) groups is 1. The number of halogens is 9. The molecule has 4 rings (SSSR count). The Labute approximate surface area is 189 Å². The smallest absolute Gasteiger partial charge is 0.344 e. The van der Waals surface area contributed by atoms with E-state index in [1.807, 2.05) is 0 Å². The highest BCUT2D eigenvalue weighted by Gasteiger charge is 2.43. The Morgan fingerprint density at radius 2 is 1.71 bits per heavy atom. The van der Waals surface area contributed by atoms with Gasteiger partial charge in [0.2, 0.25) is 0 Å². The first-order chi connectivity index (χ1) is 16.1. The largest absolute Gasteiger partial charge is 0.504 e. The molecule has 1 atom stereocenters. The van der Waals surface area contributed by atoms with Crippen LogP contribution in [-0.4, -0.2) is 30.5 Å². The topological polar surface area (TPSA) is 77.6 Å². The number of aromatic nitrogens is 5. The van der Waals surface area contributed by atoms with E-state index in [1.54, 1.807) is 0 Å². The van der Waals surface area contributed by atoms with Crippen LogP contribution in [0.15, 0.2) is 30.6 Å². The minimum Gasteiger partial charge on any atom is -0.344 e. The van der Waals surface area contributed by atoms with Crippen molar-refractivity contribution in [3.8, 4) is 11.3 Å². The van der Waals surface area contributed by atoms with Crippen molar-refractivity contribution in [1.82, 2.24) is 29.9 Å². The van der Waals surface area contributed by atoms with Gasteiger partial charge in [0.15, 0.2) is 5.69 Å². The number of rotatable bonds is 3. The molecule has 0 fully saturated rings. The molecule has 0 aliphatic carbocycles. The lowest BCUT2D eigenvalue weighted by atomic mass is 10.0. The van der Waals surface area contributed by atoms with Crippen LogP contribution in [-0.2, 0) is 25.2 Å². The summed E-state index contributed by atoms with van der Waals surface area (Å²) in [6.07, 6.45) is -13.8. The van der Waals surface area contributed by atoms with Crippen LogP contribution >= 0.6 is 0 Å². The van der Waals surface area contributed by atoms with Gasteiger partial charge in [0.05, 0.1) is 23.0 Å². The molecule has 1 amide bonds. The fourth-order valence-corrected chi connectivity index (χ4v) is 3.63. The number of pyridine rings is 1. The highest BCUT2D eigenvalue weighted by atomic mass is 19.4. The number of carbonyl (C=O) groups excluding carboxylic acids is 1. The number of fused-ring (bicyclic) bond motifs is 1. The molecule has 0 aromatic carbocycles. The van der Waals surface area contributed by atoms with Gasteiger partial charge in [-0.05, 0) is 31.0 Å². The molecule has 0 saturated heterocycles. The fourth-order valence-electron chi connectivity index (χ4n) is 3.63. The first kappa shape index (κ1) is 24.5. The quantitative estimate of drug-likeness (QED) is 0.506.